The van der Waals surface area contributed by atoms with Crippen LogP contribution in [0.5, 0.6) is 0 Å². The second-order valence-corrected chi connectivity index (χ2v) is 4.93. The molecule has 0 bridgehead atoms. The minimum atomic E-state index is -0.364. The zero-order valence-corrected chi connectivity index (χ0v) is 11.2. The number of carbonyl (C=O) groups excluding carboxylic acids is 1. The molecule has 0 spiro atoms. The Hall–Kier alpha value is -1.17. The Morgan fingerprint density at radius 3 is 3.00 bits per heavy atom. The highest BCUT2D eigenvalue weighted by atomic mass is 35.5. The van der Waals surface area contributed by atoms with Gasteiger partial charge in [0.25, 0.3) is 5.91 Å². The molecule has 1 saturated heterocycles. The van der Waals surface area contributed by atoms with Gasteiger partial charge in [0.1, 0.15) is 11.1 Å². The fourth-order valence-corrected chi connectivity index (χ4v) is 2.14. The lowest BCUT2D eigenvalue weighted by Gasteiger charge is -2.32. The molecule has 1 aromatic rings. The Balaban J connectivity index is 2.11. The Kier molecular flexibility index (Phi) is 4.16. The van der Waals surface area contributed by atoms with Crippen molar-refractivity contribution in [1.82, 2.24) is 4.90 Å². The molecule has 2 rings (SSSR count). The van der Waals surface area contributed by atoms with Crippen molar-refractivity contribution in [2.75, 3.05) is 19.7 Å². The predicted molar refractivity (Wildman–Crippen MR) is 73.9 cm³/mol. The summed E-state index contributed by atoms with van der Waals surface area (Å²) >= 11 is 10.8. The number of hydrogen-bond donors (Lipinski definition) is 1. The van der Waals surface area contributed by atoms with Gasteiger partial charge in [0.05, 0.1) is 13.2 Å². The van der Waals surface area contributed by atoms with Crippen molar-refractivity contribution in [2.24, 2.45) is 5.73 Å². The van der Waals surface area contributed by atoms with Crippen LogP contribution in [0.3, 0.4) is 0 Å². The van der Waals surface area contributed by atoms with Gasteiger partial charge in [-0.1, -0.05) is 29.9 Å². The Morgan fingerprint density at radius 1 is 1.56 bits per heavy atom. The molecule has 96 valence electrons. The van der Waals surface area contributed by atoms with E-state index < -0.39 is 0 Å². The molecular formula is C12H13ClN2O2S. The van der Waals surface area contributed by atoms with Crippen molar-refractivity contribution < 1.29 is 9.53 Å². The molecule has 1 atom stereocenters. The molecule has 1 aromatic carbocycles. The summed E-state index contributed by atoms with van der Waals surface area (Å²) in [5.41, 5.74) is 6.10. The summed E-state index contributed by atoms with van der Waals surface area (Å²) in [4.78, 5) is 14.2. The van der Waals surface area contributed by atoms with E-state index in [1.54, 1.807) is 29.2 Å². The second-order valence-electron chi connectivity index (χ2n) is 4.02. The highest BCUT2D eigenvalue weighted by Gasteiger charge is 2.26. The minimum absolute atomic E-state index is 0.0814. The maximum atomic E-state index is 12.2. The average Bonchev–Trinajstić information content (AvgIpc) is 2.38. The summed E-state index contributed by atoms with van der Waals surface area (Å²) < 4.78 is 5.39. The molecule has 0 aliphatic carbocycles. The number of rotatable bonds is 2. The van der Waals surface area contributed by atoms with Gasteiger partial charge in [-0.3, -0.25) is 4.79 Å². The minimum Gasteiger partial charge on any atom is -0.391 e. The van der Waals surface area contributed by atoms with E-state index in [2.05, 4.69) is 0 Å². The fourth-order valence-electron chi connectivity index (χ4n) is 1.81. The van der Waals surface area contributed by atoms with E-state index in [9.17, 15) is 4.79 Å². The molecule has 1 aliphatic rings. The molecule has 0 saturated carbocycles. The Bertz CT molecular complexity index is 481. The van der Waals surface area contributed by atoms with Crippen LogP contribution in [-0.2, 0) is 4.74 Å². The number of nitrogens with zero attached hydrogens (tertiary/aromatic N) is 1. The zero-order valence-electron chi connectivity index (χ0n) is 9.64. The Morgan fingerprint density at radius 2 is 2.33 bits per heavy atom. The van der Waals surface area contributed by atoms with Crippen molar-refractivity contribution in [3.63, 3.8) is 0 Å². The largest absolute Gasteiger partial charge is 0.391 e. The third kappa shape index (κ3) is 2.98. The van der Waals surface area contributed by atoms with Gasteiger partial charge in [-0.05, 0) is 18.2 Å². The number of halogens is 1. The third-order valence-electron chi connectivity index (χ3n) is 2.74. The van der Waals surface area contributed by atoms with Gasteiger partial charge in [0.2, 0.25) is 0 Å². The normalized spacial score (nSPS) is 19.6. The second kappa shape index (κ2) is 5.65. The van der Waals surface area contributed by atoms with E-state index in [0.717, 1.165) is 0 Å². The van der Waals surface area contributed by atoms with Crippen LogP contribution in [0.4, 0.5) is 0 Å². The van der Waals surface area contributed by atoms with Crippen molar-refractivity contribution in [3.8, 4) is 0 Å². The number of morpholine rings is 1. The molecular weight excluding hydrogens is 272 g/mol. The maximum Gasteiger partial charge on any atom is 0.254 e. The predicted octanol–water partition coefficient (Wildman–Crippen LogP) is 1.47. The number of hydrogen-bond acceptors (Lipinski definition) is 3. The lowest BCUT2D eigenvalue weighted by Crippen LogP contribution is -2.49. The molecule has 2 N–H and O–H groups in total. The lowest BCUT2D eigenvalue weighted by atomic mass is 10.1. The van der Waals surface area contributed by atoms with Gasteiger partial charge >= 0.3 is 0 Å². The van der Waals surface area contributed by atoms with Gasteiger partial charge < -0.3 is 15.4 Å². The van der Waals surface area contributed by atoms with Crippen LogP contribution >= 0.6 is 23.8 Å². The molecule has 1 amide bonds. The van der Waals surface area contributed by atoms with Crippen molar-refractivity contribution in [2.45, 2.75) is 6.10 Å². The van der Waals surface area contributed by atoms with Crippen molar-refractivity contribution in [1.29, 1.82) is 0 Å². The van der Waals surface area contributed by atoms with Gasteiger partial charge in [-0.2, -0.15) is 0 Å². The first kappa shape index (κ1) is 13.3. The summed E-state index contributed by atoms with van der Waals surface area (Å²) in [6.45, 7) is 1.36. The highest BCUT2D eigenvalue weighted by molar-refractivity contribution is 7.80. The maximum absolute atomic E-state index is 12.2. The van der Waals surface area contributed by atoms with Crippen molar-refractivity contribution in [3.05, 3.63) is 34.9 Å². The topological polar surface area (TPSA) is 55.6 Å². The van der Waals surface area contributed by atoms with E-state index in [1.807, 2.05) is 0 Å². The smallest absolute Gasteiger partial charge is 0.254 e. The van der Waals surface area contributed by atoms with Gasteiger partial charge in [-0.15, -0.1) is 0 Å². The highest BCUT2D eigenvalue weighted by Crippen LogP contribution is 2.15. The number of thiocarbonyl (C=S) groups is 1. The van der Waals surface area contributed by atoms with Crippen LogP contribution in [0.2, 0.25) is 5.02 Å². The van der Waals surface area contributed by atoms with E-state index in [-0.39, 0.29) is 17.0 Å². The van der Waals surface area contributed by atoms with E-state index in [1.165, 1.54) is 0 Å². The summed E-state index contributed by atoms with van der Waals surface area (Å²) in [5, 5.41) is 0.542. The molecule has 1 unspecified atom stereocenters. The van der Waals surface area contributed by atoms with E-state index in [4.69, 9.17) is 34.3 Å². The molecule has 0 aromatic heterocycles. The molecule has 4 nitrogen and oxygen atoms in total. The first-order chi connectivity index (χ1) is 8.58. The summed E-state index contributed by atoms with van der Waals surface area (Å²) in [6, 6.07) is 6.87. The van der Waals surface area contributed by atoms with Crippen LogP contribution in [-0.4, -0.2) is 41.6 Å². The third-order valence-corrected chi connectivity index (χ3v) is 3.24. The number of ether oxygens (including phenoxy) is 1. The molecule has 18 heavy (non-hydrogen) atoms. The lowest BCUT2D eigenvalue weighted by molar-refractivity contribution is 0.00879. The first-order valence-electron chi connectivity index (χ1n) is 5.53. The zero-order chi connectivity index (χ0) is 13.1. The molecule has 1 heterocycles. The number of nitrogens with two attached hydrogens (primary N) is 1. The van der Waals surface area contributed by atoms with Gasteiger partial charge in [-0.25, -0.2) is 0 Å². The molecule has 0 radical (unpaired) electrons. The summed E-state index contributed by atoms with van der Waals surface area (Å²) in [5.74, 6) is -0.0814. The Labute approximate surface area is 116 Å². The molecule has 1 fully saturated rings. The van der Waals surface area contributed by atoms with Crippen LogP contribution in [0, 0.1) is 0 Å². The van der Waals surface area contributed by atoms with Crippen LogP contribution in [0.15, 0.2) is 24.3 Å². The number of benzene rings is 1. The van der Waals surface area contributed by atoms with Crippen LogP contribution in [0.1, 0.15) is 10.4 Å². The fraction of sp³-hybridized carbons (Fsp3) is 0.333. The van der Waals surface area contributed by atoms with Crippen LogP contribution in [0.25, 0.3) is 0 Å². The summed E-state index contributed by atoms with van der Waals surface area (Å²) in [6.07, 6.45) is -0.364. The number of carbonyl (C=O) groups is 1. The van der Waals surface area contributed by atoms with Gasteiger partial charge in [0, 0.05) is 17.1 Å². The standard InChI is InChI=1S/C12H13ClN2O2S/c13-9-3-1-2-8(6-9)12(16)15-4-5-17-10(7-15)11(14)18/h1-3,6,10H,4-5,7H2,(H2,14,18). The molecule has 6 heteroatoms. The quantitative estimate of drug-likeness (QED) is 0.836. The van der Waals surface area contributed by atoms with Crippen molar-refractivity contribution >= 4 is 34.7 Å². The monoisotopic (exact) mass is 284 g/mol. The molecule has 1 aliphatic heterocycles. The van der Waals surface area contributed by atoms with E-state index >= 15 is 0 Å². The van der Waals surface area contributed by atoms with Crippen LogP contribution < -0.4 is 5.73 Å². The van der Waals surface area contributed by atoms with Gasteiger partial charge in [0.15, 0.2) is 0 Å². The SMILES string of the molecule is NC(=S)C1CN(C(=O)c2cccc(Cl)c2)CCO1. The van der Waals surface area contributed by atoms with E-state index in [0.29, 0.717) is 30.3 Å². The average molecular weight is 285 g/mol. The summed E-state index contributed by atoms with van der Waals surface area (Å²) in [7, 11) is 0. The number of amides is 1. The first-order valence-corrected chi connectivity index (χ1v) is 6.32.